The number of hydrogen-bond donors (Lipinski definition) is 0. The number of halogens is 1. The third kappa shape index (κ3) is 5.22. The van der Waals surface area contributed by atoms with E-state index in [-0.39, 0.29) is 29.7 Å². The topological polar surface area (TPSA) is 60.9 Å². The Morgan fingerprint density at radius 1 is 0.909 bits per heavy atom. The number of likely N-dealkylation sites (tertiary alicyclic amines) is 1. The molecular weight excluding hydrogens is 438 g/mol. The number of carbonyl (C=O) groups excluding carboxylic acids is 3. The lowest BCUT2D eigenvalue weighted by molar-refractivity contribution is -0.142. The van der Waals surface area contributed by atoms with E-state index in [0.29, 0.717) is 43.3 Å². The first-order valence-corrected chi connectivity index (χ1v) is 11.9. The highest BCUT2D eigenvalue weighted by molar-refractivity contribution is 6.30. The number of amides is 3. The molecule has 174 valence electrons. The molecule has 0 spiro atoms. The van der Waals surface area contributed by atoms with E-state index in [0.717, 1.165) is 24.0 Å². The summed E-state index contributed by atoms with van der Waals surface area (Å²) in [6.45, 7) is 6.20. The highest BCUT2D eigenvalue weighted by Crippen LogP contribution is 2.36. The molecule has 2 heterocycles. The molecule has 2 aliphatic rings. The number of hydrogen-bond acceptors (Lipinski definition) is 3. The van der Waals surface area contributed by atoms with Gasteiger partial charge in [-0.1, -0.05) is 41.4 Å². The quantitative estimate of drug-likeness (QED) is 0.687. The zero-order valence-electron chi connectivity index (χ0n) is 19.2. The van der Waals surface area contributed by atoms with Crippen LogP contribution in [0.5, 0.6) is 0 Å². The second-order valence-corrected chi connectivity index (χ2v) is 9.44. The van der Waals surface area contributed by atoms with Gasteiger partial charge in [-0.05, 0) is 49.6 Å². The molecule has 0 bridgehead atoms. The zero-order chi connectivity index (χ0) is 23.5. The fourth-order valence-electron chi connectivity index (χ4n) is 4.88. The molecule has 2 aromatic carbocycles. The molecule has 2 aliphatic heterocycles. The standard InChI is InChI=1S/C26H30ClN3O3/c1-18-4-3-5-21(16-18)24-11-8-22(25(32)29-14-12-28(13-15-29)19(2)31)17-30(24)26(33)20-6-9-23(27)10-7-20/h3-7,9-10,16,22,24H,8,11-15,17H2,1-2H3/t22-,24-/m0/s1. The molecule has 0 aromatic heterocycles. The van der Waals surface area contributed by atoms with Gasteiger partial charge in [-0.2, -0.15) is 0 Å². The van der Waals surface area contributed by atoms with Gasteiger partial charge < -0.3 is 14.7 Å². The van der Waals surface area contributed by atoms with Crippen molar-refractivity contribution in [3.63, 3.8) is 0 Å². The highest BCUT2D eigenvalue weighted by Gasteiger charge is 2.38. The number of benzene rings is 2. The molecule has 0 saturated carbocycles. The Hall–Kier alpha value is -2.86. The Kier molecular flexibility index (Phi) is 7.03. The lowest BCUT2D eigenvalue weighted by Gasteiger charge is -2.42. The fraction of sp³-hybridized carbons (Fsp3) is 0.423. The van der Waals surface area contributed by atoms with Crippen molar-refractivity contribution in [2.45, 2.75) is 32.7 Å². The molecule has 6 nitrogen and oxygen atoms in total. The van der Waals surface area contributed by atoms with Gasteiger partial charge in [0.25, 0.3) is 5.91 Å². The number of piperidine rings is 1. The number of piperazine rings is 1. The number of nitrogens with zero attached hydrogens (tertiary/aromatic N) is 3. The van der Waals surface area contributed by atoms with Gasteiger partial charge in [-0.15, -0.1) is 0 Å². The van der Waals surface area contributed by atoms with E-state index < -0.39 is 0 Å². The van der Waals surface area contributed by atoms with Crippen molar-refractivity contribution >= 4 is 29.3 Å². The zero-order valence-corrected chi connectivity index (χ0v) is 19.9. The number of aryl methyl sites for hydroxylation is 1. The fourth-order valence-corrected chi connectivity index (χ4v) is 5.01. The van der Waals surface area contributed by atoms with Crippen LogP contribution < -0.4 is 0 Å². The van der Waals surface area contributed by atoms with Crippen LogP contribution >= 0.6 is 11.6 Å². The summed E-state index contributed by atoms with van der Waals surface area (Å²) in [5, 5.41) is 0.582. The summed E-state index contributed by atoms with van der Waals surface area (Å²) in [5.41, 5.74) is 2.81. The van der Waals surface area contributed by atoms with E-state index in [1.807, 2.05) is 28.9 Å². The molecule has 2 fully saturated rings. The predicted molar refractivity (Wildman–Crippen MR) is 128 cm³/mol. The van der Waals surface area contributed by atoms with Gasteiger partial charge in [0.2, 0.25) is 11.8 Å². The Morgan fingerprint density at radius 2 is 1.58 bits per heavy atom. The molecule has 0 radical (unpaired) electrons. The van der Waals surface area contributed by atoms with Crippen molar-refractivity contribution in [1.82, 2.24) is 14.7 Å². The van der Waals surface area contributed by atoms with Crippen molar-refractivity contribution < 1.29 is 14.4 Å². The molecular formula is C26H30ClN3O3. The molecule has 2 atom stereocenters. The highest BCUT2D eigenvalue weighted by atomic mass is 35.5. The SMILES string of the molecule is CC(=O)N1CCN(C(=O)[C@H]2CC[C@@H](c3cccc(C)c3)N(C(=O)c3ccc(Cl)cc3)C2)CC1. The molecule has 0 aliphatic carbocycles. The van der Waals surface area contributed by atoms with Crippen molar-refractivity contribution in [3.8, 4) is 0 Å². The summed E-state index contributed by atoms with van der Waals surface area (Å²) >= 11 is 6.03. The Bertz CT molecular complexity index is 1030. The van der Waals surface area contributed by atoms with Crippen molar-refractivity contribution in [1.29, 1.82) is 0 Å². The normalized spacial score (nSPS) is 21.1. The molecule has 0 N–H and O–H groups in total. The Labute approximate surface area is 200 Å². The van der Waals surface area contributed by atoms with Gasteiger partial charge in [-0.25, -0.2) is 0 Å². The van der Waals surface area contributed by atoms with Crippen LogP contribution in [-0.2, 0) is 9.59 Å². The van der Waals surface area contributed by atoms with Crippen molar-refractivity contribution in [2.24, 2.45) is 5.92 Å². The number of carbonyl (C=O) groups is 3. The summed E-state index contributed by atoms with van der Waals surface area (Å²) in [5.74, 6) is -0.210. The predicted octanol–water partition coefficient (Wildman–Crippen LogP) is 3.93. The first-order valence-electron chi connectivity index (χ1n) is 11.5. The summed E-state index contributed by atoms with van der Waals surface area (Å²) < 4.78 is 0. The van der Waals surface area contributed by atoms with Crippen LogP contribution in [-0.4, -0.2) is 65.1 Å². The largest absolute Gasteiger partial charge is 0.339 e. The maximum Gasteiger partial charge on any atom is 0.254 e. The van der Waals surface area contributed by atoms with Gasteiger partial charge in [0.15, 0.2) is 0 Å². The van der Waals surface area contributed by atoms with Crippen LogP contribution in [0.25, 0.3) is 0 Å². The molecule has 4 rings (SSSR count). The van der Waals surface area contributed by atoms with Crippen LogP contribution in [0.2, 0.25) is 5.02 Å². The molecule has 2 aromatic rings. The summed E-state index contributed by atoms with van der Waals surface area (Å²) in [6.07, 6.45) is 1.46. The summed E-state index contributed by atoms with van der Waals surface area (Å²) in [4.78, 5) is 44.0. The average molecular weight is 468 g/mol. The molecule has 33 heavy (non-hydrogen) atoms. The van der Waals surface area contributed by atoms with Crippen molar-refractivity contribution in [3.05, 3.63) is 70.2 Å². The Morgan fingerprint density at radius 3 is 2.21 bits per heavy atom. The first-order chi connectivity index (χ1) is 15.8. The monoisotopic (exact) mass is 467 g/mol. The average Bonchev–Trinajstić information content (AvgIpc) is 2.83. The van der Waals surface area contributed by atoms with Gasteiger partial charge >= 0.3 is 0 Å². The first kappa shape index (κ1) is 23.3. The van der Waals surface area contributed by atoms with Gasteiger partial charge in [0.05, 0.1) is 12.0 Å². The van der Waals surface area contributed by atoms with Crippen LogP contribution in [0.4, 0.5) is 0 Å². The third-order valence-corrected chi connectivity index (χ3v) is 7.00. The van der Waals surface area contributed by atoms with E-state index >= 15 is 0 Å². The van der Waals surface area contributed by atoms with Crippen LogP contribution in [0.3, 0.4) is 0 Å². The van der Waals surface area contributed by atoms with Crippen LogP contribution in [0, 0.1) is 12.8 Å². The molecule has 7 heteroatoms. The van der Waals surface area contributed by atoms with Gasteiger partial charge in [0, 0.05) is 50.2 Å². The molecule has 3 amide bonds. The minimum Gasteiger partial charge on any atom is -0.339 e. The lowest BCUT2D eigenvalue weighted by Crippen LogP contribution is -2.54. The maximum atomic E-state index is 13.6. The van der Waals surface area contributed by atoms with E-state index in [1.54, 1.807) is 36.1 Å². The minimum absolute atomic E-state index is 0.0421. The van der Waals surface area contributed by atoms with E-state index in [2.05, 4.69) is 12.1 Å². The van der Waals surface area contributed by atoms with Crippen LogP contribution in [0.1, 0.15) is 47.3 Å². The minimum atomic E-state index is -0.244. The molecule has 2 saturated heterocycles. The van der Waals surface area contributed by atoms with E-state index in [4.69, 9.17) is 11.6 Å². The molecule has 0 unspecified atom stereocenters. The Balaban J connectivity index is 1.55. The summed E-state index contributed by atoms with van der Waals surface area (Å²) in [7, 11) is 0. The van der Waals surface area contributed by atoms with Crippen molar-refractivity contribution in [2.75, 3.05) is 32.7 Å². The van der Waals surface area contributed by atoms with E-state index in [9.17, 15) is 14.4 Å². The summed E-state index contributed by atoms with van der Waals surface area (Å²) in [6, 6.07) is 15.1. The smallest absolute Gasteiger partial charge is 0.254 e. The van der Waals surface area contributed by atoms with Crippen LogP contribution in [0.15, 0.2) is 48.5 Å². The maximum absolute atomic E-state index is 13.6. The van der Waals surface area contributed by atoms with Gasteiger partial charge in [-0.3, -0.25) is 14.4 Å². The second kappa shape index (κ2) is 9.96. The second-order valence-electron chi connectivity index (χ2n) is 9.00. The van der Waals surface area contributed by atoms with E-state index in [1.165, 1.54) is 0 Å². The van der Waals surface area contributed by atoms with Gasteiger partial charge in [0.1, 0.15) is 0 Å². The third-order valence-electron chi connectivity index (χ3n) is 6.75. The number of rotatable bonds is 3. The lowest BCUT2D eigenvalue weighted by atomic mass is 9.87.